The van der Waals surface area contributed by atoms with Crippen molar-refractivity contribution in [2.24, 2.45) is 11.7 Å². The van der Waals surface area contributed by atoms with Gasteiger partial charge in [0.1, 0.15) is 11.1 Å². The van der Waals surface area contributed by atoms with Crippen LogP contribution in [0.15, 0.2) is 11.6 Å². The maximum Gasteiger partial charge on any atom is 0.223 e. The van der Waals surface area contributed by atoms with Gasteiger partial charge in [-0.3, -0.25) is 4.79 Å². The second-order valence-electron chi connectivity index (χ2n) is 5.70. The van der Waals surface area contributed by atoms with Crippen molar-refractivity contribution in [3.8, 4) is 0 Å². The van der Waals surface area contributed by atoms with Crippen LogP contribution in [0.5, 0.6) is 0 Å². The van der Waals surface area contributed by atoms with Crippen molar-refractivity contribution < 1.29 is 9.90 Å². The molecule has 1 aromatic rings. The third kappa shape index (κ3) is 4.76. The number of aliphatic hydroxyl groups is 1. The summed E-state index contributed by atoms with van der Waals surface area (Å²) in [4.78, 5) is 16.5. The summed E-state index contributed by atoms with van der Waals surface area (Å²) >= 11 is 1.42. The predicted octanol–water partition coefficient (Wildman–Crippen LogP) is 1.98. The van der Waals surface area contributed by atoms with Crippen LogP contribution in [0.4, 0.5) is 0 Å². The molecule has 0 aliphatic heterocycles. The lowest BCUT2D eigenvalue weighted by molar-refractivity contribution is -0.126. The summed E-state index contributed by atoms with van der Waals surface area (Å²) in [5.41, 5.74) is 5.53. The fourth-order valence-corrected chi connectivity index (χ4v) is 3.55. The number of hydrogen-bond donors (Lipinski definition) is 3. The Morgan fingerprint density at radius 3 is 2.86 bits per heavy atom. The second kappa shape index (κ2) is 8.46. The van der Waals surface area contributed by atoms with Gasteiger partial charge in [0.2, 0.25) is 5.91 Å². The molecule has 0 bridgehead atoms. The van der Waals surface area contributed by atoms with E-state index in [1.807, 2.05) is 5.38 Å². The average Bonchev–Trinajstić information content (AvgIpc) is 3.18. The quantitative estimate of drug-likeness (QED) is 0.641. The molecule has 0 saturated heterocycles. The summed E-state index contributed by atoms with van der Waals surface area (Å²) in [6, 6.07) is -0.268. The lowest BCUT2D eigenvalue weighted by atomic mass is 10.0. The van der Waals surface area contributed by atoms with E-state index in [0.717, 1.165) is 44.9 Å². The van der Waals surface area contributed by atoms with Crippen molar-refractivity contribution in [2.45, 2.75) is 57.1 Å². The molecule has 4 N–H and O–H groups in total. The van der Waals surface area contributed by atoms with Crippen LogP contribution in [0.25, 0.3) is 0 Å². The number of hydrogen-bond acceptors (Lipinski definition) is 5. The van der Waals surface area contributed by atoms with Crippen LogP contribution < -0.4 is 11.1 Å². The number of aromatic nitrogens is 1. The summed E-state index contributed by atoms with van der Waals surface area (Å²) < 4.78 is 0. The molecule has 1 saturated carbocycles. The van der Waals surface area contributed by atoms with Gasteiger partial charge in [0, 0.05) is 17.5 Å². The number of carbonyl (C=O) groups is 1. The highest BCUT2D eigenvalue weighted by Gasteiger charge is 2.29. The van der Waals surface area contributed by atoms with Gasteiger partial charge in [-0.25, -0.2) is 4.98 Å². The molecule has 0 aromatic carbocycles. The van der Waals surface area contributed by atoms with Gasteiger partial charge in [-0.05, 0) is 32.2 Å². The van der Waals surface area contributed by atoms with Crippen molar-refractivity contribution in [1.29, 1.82) is 0 Å². The molecule has 118 valence electrons. The maximum absolute atomic E-state index is 12.3. The van der Waals surface area contributed by atoms with Crippen LogP contribution in [-0.2, 0) is 4.79 Å². The average molecular weight is 311 g/mol. The minimum absolute atomic E-state index is 0.0841. The van der Waals surface area contributed by atoms with E-state index in [-0.39, 0.29) is 17.9 Å². The molecule has 5 nitrogen and oxygen atoms in total. The predicted molar refractivity (Wildman–Crippen MR) is 83.9 cm³/mol. The number of carbonyl (C=O) groups excluding carboxylic acids is 1. The molecule has 2 unspecified atom stereocenters. The van der Waals surface area contributed by atoms with Crippen molar-refractivity contribution >= 4 is 17.2 Å². The lowest BCUT2D eigenvalue weighted by Gasteiger charge is -2.24. The molecule has 6 heteroatoms. The molecule has 2 atom stereocenters. The Hall–Kier alpha value is -0.980. The molecule has 1 aromatic heterocycles. The standard InChI is InChI=1S/C15H25N3O2S/c16-8-4-3-7-12(13(19)15-17-9-10-21-15)18-14(20)11-5-1-2-6-11/h9-13,19H,1-8,16H2,(H,18,20). The van der Waals surface area contributed by atoms with Crippen molar-refractivity contribution in [1.82, 2.24) is 10.3 Å². The molecule has 2 rings (SSSR count). The number of nitrogens with two attached hydrogens (primary N) is 1. The lowest BCUT2D eigenvalue weighted by Crippen LogP contribution is -2.42. The molecular formula is C15H25N3O2S. The number of amides is 1. The SMILES string of the molecule is NCCCCC(NC(=O)C1CCCC1)C(O)c1nccs1. The van der Waals surface area contributed by atoms with Crippen molar-refractivity contribution in [3.63, 3.8) is 0 Å². The van der Waals surface area contributed by atoms with Gasteiger partial charge in [-0.1, -0.05) is 19.3 Å². The van der Waals surface area contributed by atoms with Gasteiger partial charge in [-0.15, -0.1) is 11.3 Å². The van der Waals surface area contributed by atoms with Gasteiger partial charge in [-0.2, -0.15) is 0 Å². The molecular weight excluding hydrogens is 286 g/mol. The number of rotatable bonds is 8. The first kappa shape index (κ1) is 16.4. The molecule has 0 radical (unpaired) electrons. The summed E-state index contributed by atoms with van der Waals surface area (Å²) in [5.74, 6) is 0.200. The number of thiazole rings is 1. The summed E-state index contributed by atoms with van der Waals surface area (Å²) in [7, 11) is 0. The van der Waals surface area contributed by atoms with Crippen LogP contribution >= 0.6 is 11.3 Å². The monoisotopic (exact) mass is 311 g/mol. The Morgan fingerprint density at radius 2 is 2.24 bits per heavy atom. The highest BCUT2D eigenvalue weighted by Crippen LogP contribution is 2.27. The fourth-order valence-electron chi connectivity index (χ4n) is 2.86. The van der Waals surface area contributed by atoms with E-state index in [1.54, 1.807) is 6.20 Å². The molecule has 1 amide bonds. The van der Waals surface area contributed by atoms with E-state index in [9.17, 15) is 9.90 Å². The highest BCUT2D eigenvalue weighted by molar-refractivity contribution is 7.09. The van der Waals surface area contributed by atoms with E-state index in [1.165, 1.54) is 11.3 Å². The largest absolute Gasteiger partial charge is 0.384 e. The maximum atomic E-state index is 12.3. The first-order chi connectivity index (χ1) is 10.2. The summed E-state index contributed by atoms with van der Waals surface area (Å²) in [6.07, 6.45) is 7.68. The van der Waals surface area contributed by atoms with E-state index >= 15 is 0 Å². The molecule has 0 spiro atoms. The summed E-state index contributed by atoms with van der Waals surface area (Å²) in [5, 5.41) is 16.0. The van der Waals surface area contributed by atoms with Crippen LogP contribution in [0.2, 0.25) is 0 Å². The first-order valence-electron chi connectivity index (χ1n) is 7.80. The van der Waals surface area contributed by atoms with Crippen molar-refractivity contribution in [2.75, 3.05) is 6.54 Å². The third-order valence-corrected chi connectivity index (χ3v) is 4.95. The zero-order valence-corrected chi connectivity index (χ0v) is 13.1. The number of unbranched alkanes of at least 4 members (excludes halogenated alkanes) is 1. The van der Waals surface area contributed by atoms with E-state index in [2.05, 4.69) is 10.3 Å². The molecule has 1 aliphatic rings. The Morgan fingerprint density at radius 1 is 1.48 bits per heavy atom. The Kier molecular flexibility index (Phi) is 6.60. The smallest absolute Gasteiger partial charge is 0.223 e. The third-order valence-electron chi connectivity index (χ3n) is 4.11. The zero-order valence-electron chi connectivity index (χ0n) is 12.3. The van der Waals surface area contributed by atoms with Gasteiger partial charge in [0.25, 0.3) is 0 Å². The van der Waals surface area contributed by atoms with Gasteiger partial charge < -0.3 is 16.2 Å². The topological polar surface area (TPSA) is 88.2 Å². The van der Waals surface area contributed by atoms with Crippen molar-refractivity contribution in [3.05, 3.63) is 16.6 Å². The molecule has 1 heterocycles. The van der Waals surface area contributed by atoms with Gasteiger partial charge in [0.15, 0.2) is 0 Å². The Bertz CT molecular complexity index is 419. The highest BCUT2D eigenvalue weighted by atomic mass is 32.1. The summed E-state index contributed by atoms with van der Waals surface area (Å²) in [6.45, 7) is 0.636. The van der Waals surface area contributed by atoms with Crippen LogP contribution in [0.1, 0.15) is 56.1 Å². The van der Waals surface area contributed by atoms with Crippen LogP contribution in [0.3, 0.4) is 0 Å². The fraction of sp³-hybridized carbons (Fsp3) is 0.733. The zero-order chi connectivity index (χ0) is 15.1. The second-order valence-corrected chi connectivity index (χ2v) is 6.62. The first-order valence-corrected chi connectivity index (χ1v) is 8.68. The Labute approximate surface area is 130 Å². The minimum atomic E-state index is -0.729. The van der Waals surface area contributed by atoms with E-state index in [4.69, 9.17) is 5.73 Å². The number of nitrogens with zero attached hydrogens (tertiary/aromatic N) is 1. The molecule has 21 heavy (non-hydrogen) atoms. The molecule has 1 fully saturated rings. The minimum Gasteiger partial charge on any atom is -0.384 e. The number of aliphatic hydroxyl groups excluding tert-OH is 1. The Balaban J connectivity index is 1.95. The van der Waals surface area contributed by atoms with Crippen LogP contribution in [-0.4, -0.2) is 28.6 Å². The van der Waals surface area contributed by atoms with Gasteiger partial charge in [0.05, 0.1) is 6.04 Å². The van der Waals surface area contributed by atoms with Gasteiger partial charge >= 0.3 is 0 Å². The van der Waals surface area contributed by atoms with Crippen LogP contribution in [0, 0.1) is 5.92 Å². The normalized spacial score (nSPS) is 18.6. The van der Waals surface area contributed by atoms with E-state index < -0.39 is 6.10 Å². The van der Waals surface area contributed by atoms with E-state index in [0.29, 0.717) is 11.6 Å². The number of nitrogens with one attached hydrogen (secondary N) is 1. The molecule has 1 aliphatic carbocycles.